The number of hydrogen-bond donors (Lipinski definition) is 2. The third-order valence-corrected chi connectivity index (χ3v) is 6.77. The van der Waals surface area contributed by atoms with Gasteiger partial charge in [0, 0.05) is 24.5 Å². The number of carboxylic acid groups (broad SMARTS) is 1. The maximum Gasteiger partial charge on any atom is 0.303 e. The van der Waals surface area contributed by atoms with Gasteiger partial charge in [0.15, 0.2) is 5.17 Å². The Kier molecular flexibility index (Phi) is 9.00. The molecule has 2 aliphatic heterocycles. The van der Waals surface area contributed by atoms with Crippen LogP contribution in [0.5, 0.6) is 0 Å². The van der Waals surface area contributed by atoms with Crippen LogP contribution < -0.4 is 5.32 Å². The summed E-state index contributed by atoms with van der Waals surface area (Å²) in [5.41, 5.74) is 2.83. The second kappa shape index (κ2) is 11.9. The van der Waals surface area contributed by atoms with Crippen LogP contribution >= 0.6 is 11.8 Å². The standard InChI is InChI=1S/C24H33N3O3S/c1-2-3-4-5-6-7-9-18-10-12-19(13-11-18)26-23(30)22-20(14-15-21(28)29)27-17-8-16-25-24(27)31-22/h10-13H,2-9,14-17H2,1H3,(H,26,30)(H,28,29). The van der Waals surface area contributed by atoms with Crippen LogP contribution in [-0.2, 0) is 16.0 Å². The van der Waals surface area contributed by atoms with Gasteiger partial charge < -0.3 is 15.3 Å². The van der Waals surface area contributed by atoms with E-state index in [4.69, 9.17) is 5.11 Å². The van der Waals surface area contributed by atoms with Crippen molar-refractivity contribution in [2.24, 2.45) is 4.99 Å². The summed E-state index contributed by atoms with van der Waals surface area (Å²) >= 11 is 1.35. The molecule has 2 heterocycles. The highest BCUT2D eigenvalue weighted by atomic mass is 32.2. The Labute approximate surface area is 189 Å². The smallest absolute Gasteiger partial charge is 0.303 e. The molecule has 0 radical (unpaired) electrons. The van der Waals surface area contributed by atoms with E-state index >= 15 is 0 Å². The number of carboxylic acids is 1. The molecule has 0 saturated carbocycles. The molecule has 31 heavy (non-hydrogen) atoms. The number of fused-ring (bicyclic) bond motifs is 1. The predicted molar refractivity (Wildman–Crippen MR) is 127 cm³/mol. The topological polar surface area (TPSA) is 82.0 Å². The van der Waals surface area contributed by atoms with E-state index in [9.17, 15) is 9.59 Å². The molecule has 1 amide bonds. The SMILES string of the molecule is CCCCCCCCc1ccc(NC(=O)C2=C(CCC(=O)O)N3CCCN=C3S2)cc1. The number of amides is 1. The van der Waals surface area contributed by atoms with Crippen LogP contribution in [0.4, 0.5) is 5.69 Å². The average molecular weight is 444 g/mol. The molecule has 0 aliphatic carbocycles. The molecule has 7 heteroatoms. The number of anilines is 1. The first kappa shape index (κ1) is 23.4. The van der Waals surface area contributed by atoms with Gasteiger partial charge in [0.25, 0.3) is 5.91 Å². The molecular formula is C24H33N3O3S. The number of rotatable bonds is 12. The summed E-state index contributed by atoms with van der Waals surface area (Å²) < 4.78 is 0. The first-order valence-corrected chi connectivity index (χ1v) is 12.2. The molecule has 1 aromatic carbocycles. The Morgan fingerprint density at radius 3 is 2.58 bits per heavy atom. The number of amidine groups is 1. The molecule has 6 nitrogen and oxygen atoms in total. The molecule has 2 N–H and O–H groups in total. The van der Waals surface area contributed by atoms with Crippen molar-refractivity contribution in [2.75, 3.05) is 18.4 Å². The monoisotopic (exact) mass is 443 g/mol. The van der Waals surface area contributed by atoms with Crippen molar-refractivity contribution in [3.63, 3.8) is 0 Å². The van der Waals surface area contributed by atoms with E-state index < -0.39 is 5.97 Å². The van der Waals surface area contributed by atoms with Crippen LogP contribution in [0.3, 0.4) is 0 Å². The lowest BCUT2D eigenvalue weighted by molar-refractivity contribution is -0.137. The Bertz CT molecular complexity index is 833. The van der Waals surface area contributed by atoms with Gasteiger partial charge in [-0.2, -0.15) is 0 Å². The van der Waals surface area contributed by atoms with Gasteiger partial charge in [-0.15, -0.1) is 0 Å². The fraction of sp³-hybridized carbons (Fsp3) is 0.542. The van der Waals surface area contributed by atoms with Gasteiger partial charge in [0.1, 0.15) is 0 Å². The number of aryl methyl sites for hydroxylation is 1. The number of aliphatic carboxylic acids is 1. The number of carbonyl (C=O) groups is 2. The van der Waals surface area contributed by atoms with E-state index in [1.54, 1.807) is 0 Å². The van der Waals surface area contributed by atoms with Crippen LogP contribution in [0.2, 0.25) is 0 Å². The second-order valence-corrected chi connectivity index (χ2v) is 9.09. The van der Waals surface area contributed by atoms with Crippen LogP contribution in [0.1, 0.15) is 70.3 Å². The number of hydrogen-bond acceptors (Lipinski definition) is 5. The van der Waals surface area contributed by atoms with E-state index in [2.05, 4.69) is 29.4 Å². The van der Waals surface area contributed by atoms with Crippen molar-refractivity contribution >= 4 is 34.5 Å². The number of allylic oxidation sites excluding steroid dienone is 1. The summed E-state index contributed by atoms with van der Waals surface area (Å²) in [5.74, 6) is -1.05. The van der Waals surface area contributed by atoms with Crippen molar-refractivity contribution in [3.05, 3.63) is 40.4 Å². The zero-order valence-corrected chi connectivity index (χ0v) is 19.2. The minimum absolute atomic E-state index is 0.00357. The number of carbonyl (C=O) groups excluding carboxylic acids is 1. The van der Waals surface area contributed by atoms with Gasteiger partial charge in [0.05, 0.1) is 11.3 Å². The first-order chi connectivity index (χ1) is 15.1. The largest absolute Gasteiger partial charge is 0.481 e. The van der Waals surface area contributed by atoms with Crippen LogP contribution in [-0.4, -0.2) is 40.1 Å². The van der Waals surface area contributed by atoms with E-state index in [0.717, 1.165) is 42.5 Å². The molecule has 3 rings (SSSR count). The van der Waals surface area contributed by atoms with Crippen LogP contribution in [0.25, 0.3) is 0 Å². The summed E-state index contributed by atoms with van der Waals surface area (Å²) in [5, 5.41) is 12.9. The van der Waals surface area contributed by atoms with Gasteiger partial charge in [-0.1, -0.05) is 51.2 Å². The molecule has 168 valence electrons. The number of thioether (sulfide) groups is 1. The van der Waals surface area contributed by atoms with E-state index in [0.29, 0.717) is 11.3 Å². The molecule has 0 unspecified atom stereocenters. The van der Waals surface area contributed by atoms with E-state index in [1.807, 2.05) is 17.0 Å². The maximum atomic E-state index is 13.0. The zero-order chi connectivity index (χ0) is 22.1. The molecule has 1 aromatic rings. The molecule has 0 bridgehead atoms. The van der Waals surface area contributed by atoms with Gasteiger partial charge in [0.2, 0.25) is 0 Å². The molecule has 0 fully saturated rings. The number of unbranched alkanes of at least 4 members (excludes halogenated alkanes) is 5. The lowest BCUT2D eigenvalue weighted by atomic mass is 10.0. The third kappa shape index (κ3) is 6.86. The Balaban J connectivity index is 1.57. The third-order valence-electron chi connectivity index (χ3n) is 5.61. The summed E-state index contributed by atoms with van der Waals surface area (Å²) in [6, 6.07) is 8.06. The second-order valence-electron chi connectivity index (χ2n) is 8.11. The van der Waals surface area contributed by atoms with Gasteiger partial charge in [-0.05, 0) is 55.1 Å². The van der Waals surface area contributed by atoms with Gasteiger partial charge >= 0.3 is 5.97 Å². The molecule has 0 aromatic heterocycles. The fourth-order valence-electron chi connectivity index (χ4n) is 3.90. The Morgan fingerprint density at radius 1 is 1.10 bits per heavy atom. The minimum Gasteiger partial charge on any atom is -0.481 e. The average Bonchev–Trinajstić information content (AvgIpc) is 3.14. The number of benzene rings is 1. The lowest BCUT2D eigenvalue weighted by Crippen LogP contribution is -2.30. The normalized spacial score (nSPS) is 15.6. The minimum atomic E-state index is -0.861. The van der Waals surface area contributed by atoms with Gasteiger partial charge in [-0.25, -0.2) is 0 Å². The zero-order valence-electron chi connectivity index (χ0n) is 18.4. The molecule has 0 saturated heterocycles. The Morgan fingerprint density at radius 2 is 1.84 bits per heavy atom. The highest BCUT2D eigenvalue weighted by Gasteiger charge is 2.34. The summed E-state index contributed by atoms with van der Waals surface area (Å²) in [4.78, 5) is 31.1. The van der Waals surface area contributed by atoms with E-state index in [1.165, 1.54) is 55.9 Å². The van der Waals surface area contributed by atoms with Crippen LogP contribution in [0.15, 0.2) is 39.9 Å². The number of nitrogens with zero attached hydrogens (tertiary/aromatic N) is 2. The summed E-state index contributed by atoms with van der Waals surface area (Å²) in [7, 11) is 0. The Hall–Kier alpha value is -2.28. The van der Waals surface area contributed by atoms with Crippen LogP contribution in [0, 0.1) is 0 Å². The highest BCUT2D eigenvalue weighted by Crippen LogP contribution is 2.38. The van der Waals surface area contributed by atoms with Gasteiger partial charge in [-0.3, -0.25) is 14.6 Å². The first-order valence-electron chi connectivity index (χ1n) is 11.4. The van der Waals surface area contributed by atoms with Crippen molar-refractivity contribution in [3.8, 4) is 0 Å². The molecule has 0 spiro atoms. The number of nitrogens with one attached hydrogen (secondary N) is 1. The van der Waals surface area contributed by atoms with Crippen molar-refractivity contribution in [1.82, 2.24) is 4.90 Å². The highest BCUT2D eigenvalue weighted by molar-refractivity contribution is 8.18. The quantitative estimate of drug-likeness (QED) is 0.422. The number of aliphatic imine (C=N–C) groups is 1. The summed E-state index contributed by atoms with van der Waals surface area (Å²) in [6.07, 6.45) is 10.0. The van der Waals surface area contributed by atoms with Crippen molar-refractivity contribution < 1.29 is 14.7 Å². The predicted octanol–water partition coefficient (Wildman–Crippen LogP) is 5.41. The maximum absolute atomic E-state index is 13.0. The van der Waals surface area contributed by atoms with E-state index in [-0.39, 0.29) is 12.3 Å². The molecular weight excluding hydrogens is 410 g/mol. The van der Waals surface area contributed by atoms with Crippen molar-refractivity contribution in [1.29, 1.82) is 0 Å². The summed E-state index contributed by atoms with van der Waals surface area (Å²) in [6.45, 7) is 3.77. The van der Waals surface area contributed by atoms with Crippen molar-refractivity contribution in [2.45, 2.75) is 71.1 Å². The lowest BCUT2D eigenvalue weighted by Gasteiger charge is -2.25. The molecule has 2 aliphatic rings. The molecule has 0 atom stereocenters. The fourth-order valence-corrected chi connectivity index (χ4v) is 5.02.